The van der Waals surface area contributed by atoms with E-state index in [0.29, 0.717) is 0 Å². The first kappa shape index (κ1) is 10.6. The number of fused-ring (bicyclic) bond motifs is 1. The van der Waals surface area contributed by atoms with Crippen LogP contribution in [0, 0.1) is 0 Å². The van der Waals surface area contributed by atoms with Gasteiger partial charge in [0.2, 0.25) is 0 Å². The highest BCUT2D eigenvalue weighted by atomic mass is 16.5. The predicted molar refractivity (Wildman–Crippen MR) is 67.9 cm³/mol. The Kier molecular flexibility index (Phi) is 2.73. The van der Waals surface area contributed by atoms with Gasteiger partial charge >= 0.3 is 0 Å². The van der Waals surface area contributed by atoms with Gasteiger partial charge in [0.25, 0.3) is 0 Å². The van der Waals surface area contributed by atoms with Crippen molar-refractivity contribution in [2.45, 2.75) is 6.42 Å². The van der Waals surface area contributed by atoms with Crippen molar-refractivity contribution in [1.82, 2.24) is 0 Å². The molecule has 0 aliphatic carbocycles. The summed E-state index contributed by atoms with van der Waals surface area (Å²) in [5, 5.41) is 0. The van der Waals surface area contributed by atoms with Gasteiger partial charge < -0.3 is 14.4 Å². The van der Waals surface area contributed by atoms with Gasteiger partial charge in [-0.2, -0.15) is 0 Å². The molecule has 2 aliphatic rings. The van der Waals surface area contributed by atoms with Gasteiger partial charge in [0.1, 0.15) is 5.75 Å². The van der Waals surface area contributed by atoms with E-state index in [1.54, 1.807) is 7.11 Å². The standard InChI is InChI=1S/C13H16N2O2/c1-16-12-3-2-11(13-10(12)4-5-14-13)15-6-8-17-9-7-15/h2-3,5H,4,6-9H2,1H3. The molecule has 1 aromatic rings. The molecule has 1 aromatic carbocycles. The number of hydrogen-bond donors (Lipinski definition) is 0. The quantitative estimate of drug-likeness (QED) is 0.779. The third-order valence-electron chi connectivity index (χ3n) is 3.31. The van der Waals surface area contributed by atoms with Crippen LogP contribution >= 0.6 is 0 Å². The molecule has 4 nitrogen and oxygen atoms in total. The lowest BCUT2D eigenvalue weighted by atomic mass is 10.1. The van der Waals surface area contributed by atoms with E-state index in [4.69, 9.17) is 9.47 Å². The van der Waals surface area contributed by atoms with Crippen molar-refractivity contribution in [3.63, 3.8) is 0 Å². The Balaban J connectivity index is 1.99. The maximum atomic E-state index is 5.38. The molecule has 0 spiro atoms. The van der Waals surface area contributed by atoms with Crippen molar-refractivity contribution >= 4 is 17.6 Å². The van der Waals surface area contributed by atoms with Gasteiger partial charge in [-0.15, -0.1) is 0 Å². The highest BCUT2D eigenvalue weighted by molar-refractivity contribution is 5.86. The fourth-order valence-electron chi connectivity index (χ4n) is 2.43. The number of nitrogens with zero attached hydrogens (tertiary/aromatic N) is 2. The van der Waals surface area contributed by atoms with Gasteiger partial charge in [0.05, 0.1) is 31.7 Å². The average Bonchev–Trinajstić information content (AvgIpc) is 2.88. The molecule has 0 atom stereocenters. The minimum absolute atomic E-state index is 0.796. The first-order valence-electron chi connectivity index (χ1n) is 5.95. The number of methoxy groups -OCH3 is 1. The highest BCUT2D eigenvalue weighted by Gasteiger charge is 2.21. The van der Waals surface area contributed by atoms with E-state index in [9.17, 15) is 0 Å². The van der Waals surface area contributed by atoms with E-state index in [0.717, 1.165) is 44.2 Å². The van der Waals surface area contributed by atoms with Gasteiger partial charge in [0, 0.05) is 31.3 Å². The summed E-state index contributed by atoms with van der Waals surface area (Å²) < 4.78 is 10.8. The van der Waals surface area contributed by atoms with Gasteiger partial charge in [-0.05, 0) is 12.1 Å². The van der Waals surface area contributed by atoms with Crippen molar-refractivity contribution < 1.29 is 9.47 Å². The molecule has 17 heavy (non-hydrogen) atoms. The van der Waals surface area contributed by atoms with Crippen LogP contribution in [0.5, 0.6) is 5.75 Å². The molecule has 90 valence electrons. The summed E-state index contributed by atoms with van der Waals surface area (Å²) in [5.41, 5.74) is 3.49. The number of anilines is 1. The summed E-state index contributed by atoms with van der Waals surface area (Å²) >= 11 is 0. The first-order valence-corrected chi connectivity index (χ1v) is 5.95. The van der Waals surface area contributed by atoms with Crippen molar-refractivity contribution in [2.75, 3.05) is 38.3 Å². The van der Waals surface area contributed by atoms with Crippen LogP contribution in [0.15, 0.2) is 17.1 Å². The number of benzene rings is 1. The molecule has 4 heteroatoms. The molecule has 2 aliphatic heterocycles. The molecule has 0 radical (unpaired) electrons. The van der Waals surface area contributed by atoms with Crippen LogP contribution in [0.4, 0.5) is 11.4 Å². The van der Waals surface area contributed by atoms with E-state index in [1.807, 2.05) is 12.3 Å². The molecule has 0 unspecified atom stereocenters. The molecule has 2 heterocycles. The number of rotatable bonds is 2. The van der Waals surface area contributed by atoms with E-state index in [-0.39, 0.29) is 0 Å². The van der Waals surface area contributed by atoms with Crippen LogP contribution in [-0.4, -0.2) is 39.6 Å². The minimum atomic E-state index is 0.796. The third-order valence-corrected chi connectivity index (χ3v) is 3.31. The molecule has 0 saturated carbocycles. The van der Waals surface area contributed by atoms with Crippen LogP contribution in [0.3, 0.4) is 0 Å². The molecule has 0 amide bonds. The van der Waals surface area contributed by atoms with Crippen LogP contribution < -0.4 is 9.64 Å². The van der Waals surface area contributed by atoms with Crippen LogP contribution in [0.2, 0.25) is 0 Å². The Labute approximate surface area is 101 Å². The van der Waals surface area contributed by atoms with Crippen molar-refractivity contribution in [2.24, 2.45) is 4.99 Å². The second kappa shape index (κ2) is 4.37. The fraction of sp³-hybridized carbons (Fsp3) is 0.462. The molecular weight excluding hydrogens is 216 g/mol. The van der Waals surface area contributed by atoms with Crippen LogP contribution in [-0.2, 0) is 11.2 Å². The Morgan fingerprint density at radius 1 is 1.29 bits per heavy atom. The summed E-state index contributed by atoms with van der Waals surface area (Å²) in [6.45, 7) is 3.47. The van der Waals surface area contributed by atoms with E-state index in [1.165, 1.54) is 11.3 Å². The van der Waals surface area contributed by atoms with Crippen molar-refractivity contribution in [3.8, 4) is 5.75 Å². The van der Waals surface area contributed by atoms with Gasteiger partial charge in [-0.1, -0.05) is 0 Å². The number of ether oxygens (including phenoxy) is 2. The Morgan fingerprint density at radius 2 is 2.12 bits per heavy atom. The molecule has 1 fully saturated rings. The Hall–Kier alpha value is -1.55. The Morgan fingerprint density at radius 3 is 2.88 bits per heavy atom. The molecule has 0 aromatic heterocycles. The van der Waals surface area contributed by atoms with E-state index >= 15 is 0 Å². The van der Waals surface area contributed by atoms with E-state index < -0.39 is 0 Å². The number of hydrogen-bond acceptors (Lipinski definition) is 4. The SMILES string of the molecule is COc1ccc(N2CCOCC2)c2c1CC=N2. The summed E-state index contributed by atoms with van der Waals surface area (Å²) in [6.07, 6.45) is 2.83. The van der Waals surface area contributed by atoms with Crippen LogP contribution in [0.25, 0.3) is 0 Å². The van der Waals surface area contributed by atoms with Gasteiger partial charge in [-0.25, -0.2) is 0 Å². The topological polar surface area (TPSA) is 34.1 Å². The molecule has 0 bridgehead atoms. The zero-order valence-corrected chi connectivity index (χ0v) is 9.98. The Bertz CT molecular complexity index is 451. The largest absolute Gasteiger partial charge is 0.496 e. The predicted octanol–water partition coefficient (Wildman–Crippen LogP) is 1.79. The molecule has 1 saturated heterocycles. The summed E-state index contributed by atoms with van der Waals surface area (Å²) in [7, 11) is 1.71. The normalized spacial score (nSPS) is 18.3. The summed E-state index contributed by atoms with van der Waals surface area (Å²) in [6, 6.07) is 4.14. The highest BCUT2D eigenvalue weighted by Crippen LogP contribution is 2.40. The van der Waals surface area contributed by atoms with E-state index in [2.05, 4.69) is 16.0 Å². The lowest BCUT2D eigenvalue weighted by molar-refractivity contribution is 0.123. The lowest BCUT2D eigenvalue weighted by Gasteiger charge is -2.30. The summed E-state index contributed by atoms with van der Waals surface area (Å²) in [4.78, 5) is 6.83. The fourth-order valence-corrected chi connectivity index (χ4v) is 2.43. The maximum absolute atomic E-state index is 5.38. The van der Waals surface area contributed by atoms with Gasteiger partial charge in [-0.3, -0.25) is 4.99 Å². The second-order valence-electron chi connectivity index (χ2n) is 4.23. The van der Waals surface area contributed by atoms with Gasteiger partial charge in [0.15, 0.2) is 0 Å². The smallest absolute Gasteiger partial charge is 0.124 e. The zero-order valence-electron chi connectivity index (χ0n) is 9.98. The monoisotopic (exact) mass is 232 g/mol. The third kappa shape index (κ3) is 1.78. The average molecular weight is 232 g/mol. The number of aliphatic imine (C=N–C) groups is 1. The second-order valence-corrected chi connectivity index (χ2v) is 4.23. The first-order chi connectivity index (χ1) is 8.40. The maximum Gasteiger partial charge on any atom is 0.124 e. The molecule has 0 N–H and O–H groups in total. The van der Waals surface area contributed by atoms with Crippen molar-refractivity contribution in [3.05, 3.63) is 17.7 Å². The summed E-state index contributed by atoms with van der Waals surface area (Å²) in [5.74, 6) is 0.939. The minimum Gasteiger partial charge on any atom is -0.496 e. The zero-order chi connectivity index (χ0) is 11.7. The molecular formula is C13H16N2O2. The number of morpholine rings is 1. The van der Waals surface area contributed by atoms with Crippen LogP contribution in [0.1, 0.15) is 5.56 Å². The lowest BCUT2D eigenvalue weighted by Crippen LogP contribution is -2.36. The molecule has 3 rings (SSSR count). The van der Waals surface area contributed by atoms with Crippen molar-refractivity contribution in [1.29, 1.82) is 0 Å².